The Kier molecular flexibility index (Phi) is 7.42. The Morgan fingerprint density at radius 3 is 1.62 bits per heavy atom. The maximum absolute atomic E-state index is 6.52. The summed E-state index contributed by atoms with van der Waals surface area (Å²) in [6.07, 6.45) is 0. The maximum Gasteiger partial charge on any atom is 0.238 e. The molecule has 56 heavy (non-hydrogen) atoms. The largest absolute Gasteiger partial charge is 0.456 e. The lowest BCUT2D eigenvalue weighted by Crippen LogP contribution is -2.07. The van der Waals surface area contributed by atoms with Gasteiger partial charge in [-0.25, -0.2) is 4.98 Å². The molecule has 0 saturated heterocycles. The van der Waals surface area contributed by atoms with Crippen molar-refractivity contribution in [1.29, 1.82) is 0 Å². The highest BCUT2D eigenvalue weighted by atomic mass is 16.3. The fourth-order valence-corrected chi connectivity index (χ4v) is 7.97. The van der Waals surface area contributed by atoms with Gasteiger partial charge in [0.25, 0.3) is 0 Å². The van der Waals surface area contributed by atoms with Crippen molar-refractivity contribution in [2.75, 3.05) is 0 Å². The van der Waals surface area contributed by atoms with E-state index in [4.69, 9.17) is 19.4 Å². The number of hydrogen-bond donors (Lipinski definition) is 0. The van der Waals surface area contributed by atoms with Crippen molar-refractivity contribution in [2.45, 2.75) is 0 Å². The zero-order valence-electron chi connectivity index (χ0n) is 30.2. The first-order valence-corrected chi connectivity index (χ1v) is 18.8. The minimum Gasteiger partial charge on any atom is -0.456 e. The van der Waals surface area contributed by atoms with Gasteiger partial charge in [0, 0.05) is 38.2 Å². The molecule has 0 aliphatic rings. The molecule has 0 aliphatic heterocycles. The minimum atomic E-state index is 0.554. The lowest BCUT2D eigenvalue weighted by atomic mass is 9.99. The predicted molar refractivity (Wildman–Crippen MR) is 229 cm³/mol. The summed E-state index contributed by atoms with van der Waals surface area (Å²) >= 11 is 0. The van der Waals surface area contributed by atoms with Crippen LogP contribution in [-0.2, 0) is 0 Å². The third-order valence-electron chi connectivity index (χ3n) is 10.7. The third kappa shape index (κ3) is 5.37. The maximum atomic E-state index is 6.52. The molecule has 262 valence electrons. The molecule has 8 aromatic carbocycles. The van der Waals surface area contributed by atoms with E-state index in [0.717, 1.165) is 82.7 Å². The molecule has 11 aromatic rings. The van der Waals surface area contributed by atoms with E-state index in [0.29, 0.717) is 17.6 Å². The van der Waals surface area contributed by atoms with Crippen molar-refractivity contribution in [3.05, 3.63) is 194 Å². The summed E-state index contributed by atoms with van der Waals surface area (Å²) in [4.78, 5) is 15.5. The Hall–Kier alpha value is -7.63. The van der Waals surface area contributed by atoms with E-state index in [1.807, 2.05) is 42.5 Å². The number of furan rings is 1. The van der Waals surface area contributed by atoms with E-state index in [1.165, 1.54) is 5.56 Å². The van der Waals surface area contributed by atoms with Gasteiger partial charge in [0.05, 0.1) is 11.0 Å². The predicted octanol–water partition coefficient (Wildman–Crippen LogP) is 13.2. The average Bonchev–Trinajstić information content (AvgIpc) is 3.82. The normalized spacial score (nSPS) is 11.6. The minimum absolute atomic E-state index is 0.554. The summed E-state index contributed by atoms with van der Waals surface area (Å²) in [5.74, 6) is 1.77. The number of aromatic nitrogens is 4. The molecular formula is C51H32N4O. The van der Waals surface area contributed by atoms with Gasteiger partial charge in [0.1, 0.15) is 11.2 Å². The lowest BCUT2D eigenvalue weighted by molar-refractivity contribution is 0.669. The molecule has 5 heteroatoms. The van der Waals surface area contributed by atoms with E-state index in [9.17, 15) is 0 Å². The Balaban J connectivity index is 1.11. The van der Waals surface area contributed by atoms with Gasteiger partial charge in [-0.15, -0.1) is 0 Å². The Morgan fingerprint density at radius 1 is 0.339 bits per heavy atom. The lowest BCUT2D eigenvalue weighted by Gasteiger charge is -2.13. The highest BCUT2D eigenvalue weighted by molar-refractivity contribution is 6.14. The zero-order valence-corrected chi connectivity index (χ0v) is 30.2. The summed E-state index contributed by atoms with van der Waals surface area (Å²) in [5.41, 5.74) is 12.3. The van der Waals surface area contributed by atoms with Gasteiger partial charge in [-0.2, -0.15) is 9.97 Å². The molecule has 0 saturated carbocycles. The number of rotatable bonds is 6. The van der Waals surface area contributed by atoms with Gasteiger partial charge >= 0.3 is 0 Å². The van der Waals surface area contributed by atoms with Crippen LogP contribution in [0.3, 0.4) is 0 Å². The molecule has 0 spiro atoms. The van der Waals surface area contributed by atoms with Crippen molar-refractivity contribution in [3.8, 4) is 62.1 Å². The third-order valence-corrected chi connectivity index (χ3v) is 10.7. The van der Waals surface area contributed by atoms with Gasteiger partial charge < -0.3 is 4.42 Å². The summed E-state index contributed by atoms with van der Waals surface area (Å²) in [6, 6.07) is 67.4. The molecule has 5 nitrogen and oxygen atoms in total. The van der Waals surface area contributed by atoms with Crippen LogP contribution < -0.4 is 0 Å². The van der Waals surface area contributed by atoms with Crippen LogP contribution in [0.15, 0.2) is 199 Å². The molecule has 0 aliphatic carbocycles. The molecule has 11 rings (SSSR count). The Bertz CT molecular complexity index is 3220. The van der Waals surface area contributed by atoms with Crippen molar-refractivity contribution in [1.82, 2.24) is 19.5 Å². The second-order valence-corrected chi connectivity index (χ2v) is 14.0. The van der Waals surface area contributed by atoms with Gasteiger partial charge in [-0.3, -0.25) is 4.57 Å². The van der Waals surface area contributed by atoms with E-state index in [-0.39, 0.29) is 0 Å². The number of nitrogens with zero attached hydrogens (tertiary/aromatic N) is 4. The molecule has 3 aromatic heterocycles. The van der Waals surface area contributed by atoms with Crippen LogP contribution in [0.5, 0.6) is 0 Å². The second kappa shape index (κ2) is 13.0. The first kappa shape index (κ1) is 31.9. The smallest absolute Gasteiger partial charge is 0.238 e. The molecule has 0 radical (unpaired) electrons. The van der Waals surface area contributed by atoms with Crippen molar-refractivity contribution in [3.63, 3.8) is 0 Å². The van der Waals surface area contributed by atoms with Crippen LogP contribution in [0.25, 0.3) is 106 Å². The molecule has 3 heterocycles. The van der Waals surface area contributed by atoms with E-state index >= 15 is 0 Å². The van der Waals surface area contributed by atoms with Crippen molar-refractivity contribution >= 4 is 43.7 Å². The van der Waals surface area contributed by atoms with Gasteiger partial charge in [-0.1, -0.05) is 164 Å². The van der Waals surface area contributed by atoms with Gasteiger partial charge in [-0.05, 0) is 58.1 Å². The van der Waals surface area contributed by atoms with Crippen molar-refractivity contribution in [2.24, 2.45) is 0 Å². The van der Waals surface area contributed by atoms with Gasteiger partial charge in [0.2, 0.25) is 5.95 Å². The molecule has 0 fully saturated rings. The summed E-state index contributed by atoms with van der Waals surface area (Å²) in [7, 11) is 0. The summed E-state index contributed by atoms with van der Waals surface area (Å²) in [5, 5.41) is 4.43. The van der Waals surface area contributed by atoms with Gasteiger partial charge in [0.15, 0.2) is 11.6 Å². The van der Waals surface area contributed by atoms with Crippen LogP contribution in [0.4, 0.5) is 0 Å². The summed E-state index contributed by atoms with van der Waals surface area (Å²) in [6.45, 7) is 0. The van der Waals surface area contributed by atoms with E-state index < -0.39 is 0 Å². The second-order valence-electron chi connectivity index (χ2n) is 14.0. The molecule has 0 amide bonds. The van der Waals surface area contributed by atoms with Crippen molar-refractivity contribution < 1.29 is 4.42 Å². The quantitative estimate of drug-likeness (QED) is 0.172. The monoisotopic (exact) mass is 716 g/mol. The zero-order chi connectivity index (χ0) is 37.0. The van der Waals surface area contributed by atoms with E-state index in [1.54, 1.807) is 0 Å². The fraction of sp³-hybridized carbons (Fsp3) is 0. The Morgan fingerprint density at radius 2 is 0.893 bits per heavy atom. The standard InChI is InChI=1S/C51H32N4O/c1-4-13-33(14-5-1)35-23-25-37(26-24-35)50-52-49(36-17-8-3-9-18-36)53-51(54-50)55-45-22-11-10-19-41(45)43-21-12-20-40(48(43)55)39-27-29-42-44-31-38(34-15-6-2-7-16-34)28-30-46(44)56-47(42)32-39/h1-32H. The molecule has 0 atom stereocenters. The molecular weight excluding hydrogens is 685 g/mol. The fourth-order valence-electron chi connectivity index (χ4n) is 7.97. The molecule has 0 N–H and O–H groups in total. The highest BCUT2D eigenvalue weighted by Crippen LogP contribution is 2.40. The topological polar surface area (TPSA) is 56.7 Å². The number of para-hydroxylation sites is 2. The summed E-state index contributed by atoms with van der Waals surface area (Å²) < 4.78 is 8.72. The number of fused-ring (bicyclic) bond motifs is 6. The van der Waals surface area contributed by atoms with Crippen LogP contribution in [0, 0.1) is 0 Å². The average molecular weight is 717 g/mol. The highest BCUT2D eigenvalue weighted by Gasteiger charge is 2.21. The number of hydrogen-bond acceptors (Lipinski definition) is 4. The first-order chi connectivity index (χ1) is 27.7. The number of benzene rings is 8. The van der Waals surface area contributed by atoms with Crippen LogP contribution in [0.1, 0.15) is 0 Å². The van der Waals surface area contributed by atoms with Crippen LogP contribution in [0.2, 0.25) is 0 Å². The SMILES string of the molecule is c1ccc(-c2ccc(-c3nc(-c4ccccc4)nc(-n4c5ccccc5c5cccc(-c6ccc7c(c6)oc6ccc(-c8ccccc8)cc67)c54)n3)cc2)cc1. The Labute approximate surface area is 322 Å². The first-order valence-electron chi connectivity index (χ1n) is 18.8. The van der Waals surface area contributed by atoms with E-state index in [2.05, 4.69) is 156 Å². The van der Waals surface area contributed by atoms with Crippen LogP contribution in [-0.4, -0.2) is 19.5 Å². The molecule has 0 bridgehead atoms. The molecule has 0 unspecified atom stereocenters. The van der Waals surface area contributed by atoms with Crippen LogP contribution >= 0.6 is 0 Å².